The van der Waals surface area contributed by atoms with Crippen molar-refractivity contribution in [1.82, 2.24) is 51.7 Å². The number of aliphatic imine (C=N–C) groups is 1. The van der Waals surface area contributed by atoms with Crippen LogP contribution >= 0.6 is 0 Å². The molecular weight excluding hydrogens is 1140 g/mol. The van der Waals surface area contributed by atoms with E-state index in [-0.39, 0.29) is 51.4 Å². The van der Waals surface area contributed by atoms with Crippen LogP contribution in [0, 0.1) is 23.7 Å². The van der Waals surface area contributed by atoms with Crippen molar-refractivity contribution >= 4 is 47.6 Å². The number of nitrogens with zero attached hydrogens (tertiary/aromatic N) is 3. The van der Waals surface area contributed by atoms with Gasteiger partial charge in [-0.1, -0.05) is 106 Å². The largest absolute Gasteiger partial charge is 0.480 e. The highest BCUT2D eigenvalue weighted by molar-refractivity contribution is 6.05. The van der Waals surface area contributed by atoms with E-state index < -0.39 is 162 Å². The number of hydrogen-bond donors (Lipinski definition) is 14. The van der Waals surface area contributed by atoms with Crippen LogP contribution in [0.3, 0.4) is 0 Å². The molecule has 16 atom stereocenters. The first-order valence-corrected chi connectivity index (χ1v) is 30.8. The summed E-state index contributed by atoms with van der Waals surface area (Å²) in [6.45, 7) is 10.6. The SMILES string of the molecule is CCCCCCCCNC(=O)NC[C@H]1O[C@@H](OC(C2C(=O)N(CCCCCCCC)C(=O)C2CCCNC(=O)C(NC(=O)C(NC(=O)NC(C(=O)O)C(C)C)C2CCN=C(N)N2)C(O)C(C)C)[C@H]2O[C@@H](n3ccc(=O)[nH]c3=O)[C@H](O)[C@@H]2O)[C@H](OC)[C@@H]1O. The van der Waals surface area contributed by atoms with Gasteiger partial charge in [0.15, 0.2) is 18.5 Å². The van der Waals surface area contributed by atoms with Crippen molar-refractivity contribution in [3.63, 3.8) is 0 Å². The molecule has 0 spiro atoms. The molecule has 0 aliphatic carbocycles. The Morgan fingerprint density at radius 2 is 1.43 bits per heavy atom. The van der Waals surface area contributed by atoms with Crippen LogP contribution in [0.1, 0.15) is 144 Å². The number of hydrogen-bond acceptors (Lipinski definition) is 20. The smallest absolute Gasteiger partial charge is 0.330 e. The molecule has 0 aromatic carbocycles. The maximum absolute atomic E-state index is 15.1. The second-order valence-electron chi connectivity index (χ2n) is 23.6. The minimum absolute atomic E-state index is 0.0139. The number of aliphatic hydroxyl groups excluding tert-OH is 4. The second-order valence-corrected chi connectivity index (χ2v) is 23.6. The molecule has 4 aliphatic heterocycles. The number of nitrogens with one attached hydrogen (secondary N) is 8. The first-order valence-electron chi connectivity index (χ1n) is 30.8. The van der Waals surface area contributed by atoms with E-state index >= 15 is 4.79 Å². The van der Waals surface area contributed by atoms with Gasteiger partial charge >= 0.3 is 23.7 Å². The Hall–Kier alpha value is -6.28. The summed E-state index contributed by atoms with van der Waals surface area (Å²) in [7, 11) is 1.26. The molecule has 30 heteroatoms. The van der Waals surface area contributed by atoms with Crippen LogP contribution in [0.4, 0.5) is 9.59 Å². The van der Waals surface area contributed by atoms with E-state index in [2.05, 4.69) is 61.0 Å². The van der Waals surface area contributed by atoms with E-state index in [9.17, 15) is 63.9 Å². The van der Waals surface area contributed by atoms with Gasteiger partial charge in [-0.05, 0) is 43.9 Å². The number of nitrogens with two attached hydrogens (primary N) is 1. The predicted octanol–water partition coefficient (Wildman–Crippen LogP) is -0.885. The minimum Gasteiger partial charge on any atom is -0.480 e. The van der Waals surface area contributed by atoms with Crippen LogP contribution in [0.5, 0.6) is 0 Å². The number of unbranched alkanes of at least 4 members (excludes halogenated alkanes) is 10. The molecule has 5 heterocycles. The summed E-state index contributed by atoms with van der Waals surface area (Å²) >= 11 is 0. The molecule has 4 aliphatic rings. The number of urea groups is 2. The van der Waals surface area contributed by atoms with E-state index in [1.54, 1.807) is 27.7 Å². The molecule has 87 heavy (non-hydrogen) atoms. The van der Waals surface area contributed by atoms with Crippen LogP contribution < -0.4 is 54.2 Å². The molecule has 1 aromatic heterocycles. The Morgan fingerprint density at radius 1 is 0.770 bits per heavy atom. The van der Waals surface area contributed by atoms with Gasteiger partial charge in [-0.3, -0.25) is 43.4 Å². The van der Waals surface area contributed by atoms with Crippen LogP contribution in [-0.2, 0) is 42.9 Å². The Labute approximate surface area is 506 Å². The molecule has 15 N–H and O–H groups in total. The van der Waals surface area contributed by atoms with Crippen LogP contribution in [0.15, 0.2) is 26.8 Å². The maximum Gasteiger partial charge on any atom is 0.330 e. The number of carbonyl (C=O) groups excluding carboxylic acids is 6. The van der Waals surface area contributed by atoms with E-state index in [1.165, 1.54) is 7.11 Å². The number of aliphatic carboxylic acids is 1. The van der Waals surface area contributed by atoms with Crippen molar-refractivity contribution in [1.29, 1.82) is 0 Å². The number of guanidine groups is 1. The van der Waals surface area contributed by atoms with Crippen molar-refractivity contribution in [2.24, 2.45) is 34.4 Å². The summed E-state index contributed by atoms with van der Waals surface area (Å²) in [4.78, 5) is 129. The molecule has 30 nitrogen and oxygen atoms in total. The Bertz CT molecular complexity index is 2570. The number of carboxylic acids is 1. The van der Waals surface area contributed by atoms with Crippen LogP contribution in [0.2, 0.25) is 0 Å². The number of carbonyl (C=O) groups is 7. The number of amides is 8. The number of aliphatic hydroxyl groups is 4. The quantitative estimate of drug-likeness (QED) is 0.0286. The lowest BCUT2D eigenvalue weighted by molar-refractivity contribution is -0.236. The highest BCUT2D eigenvalue weighted by atomic mass is 16.7. The zero-order valence-corrected chi connectivity index (χ0v) is 51.2. The summed E-state index contributed by atoms with van der Waals surface area (Å²) in [5.74, 6) is -8.61. The first kappa shape index (κ1) is 71.5. The van der Waals surface area contributed by atoms with Gasteiger partial charge in [0.05, 0.1) is 24.0 Å². The number of imide groups is 1. The molecule has 8 unspecified atom stereocenters. The summed E-state index contributed by atoms with van der Waals surface area (Å²) in [5, 5.41) is 74.7. The fourth-order valence-electron chi connectivity index (χ4n) is 11.3. The van der Waals surface area contributed by atoms with Crippen molar-refractivity contribution in [2.75, 3.05) is 39.8 Å². The van der Waals surface area contributed by atoms with Crippen molar-refractivity contribution < 1.29 is 78.0 Å². The Kier molecular flexibility index (Phi) is 28.8. The number of aromatic nitrogens is 2. The normalized spacial score (nSPS) is 26.4. The highest BCUT2D eigenvalue weighted by Crippen LogP contribution is 2.42. The molecule has 8 amide bonds. The molecule has 0 saturated carbocycles. The van der Waals surface area contributed by atoms with Crippen LogP contribution in [0.25, 0.3) is 0 Å². The highest BCUT2D eigenvalue weighted by Gasteiger charge is 2.60. The Morgan fingerprint density at radius 3 is 2.05 bits per heavy atom. The average molecular weight is 1240 g/mol. The fourth-order valence-corrected chi connectivity index (χ4v) is 11.3. The first-order chi connectivity index (χ1) is 41.4. The van der Waals surface area contributed by atoms with Gasteiger partial charge in [0.25, 0.3) is 5.56 Å². The summed E-state index contributed by atoms with van der Waals surface area (Å²) in [6.07, 6.45) is -4.13. The molecule has 492 valence electrons. The van der Waals surface area contributed by atoms with Gasteiger partial charge in [-0.15, -0.1) is 0 Å². The van der Waals surface area contributed by atoms with Gasteiger partial charge < -0.3 is 87.4 Å². The number of ether oxygens (including phenoxy) is 4. The van der Waals surface area contributed by atoms with Gasteiger partial charge in [0.1, 0.15) is 60.9 Å². The monoisotopic (exact) mass is 1240 g/mol. The number of H-pyrrole nitrogens is 1. The van der Waals surface area contributed by atoms with E-state index in [4.69, 9.17) is 24.7 Å². The average Bonchev–Trinajstić information content (AvgIpc) is 1.64. The van der Waals surface area contributed by atoms with Gasteiger partial charge in [0.2, 0.25) is 23.6 Å². The molecule has 1 aromatic rings. The maximum atomic E-state index is 15.1. The number of methoxy groups -OCH3 is 1. The van der Waals surface area contributed by atoms with Crippen molar-refractivity contribution in [2.45, 2.75) is 223 Å². The van der Waals surface area contributed by atoms with E-state index in [0.717, 1.165) is 85.9 Å². The number of carboxylic acid groups (broad SMARTS) is 1. The topological polar surface area (TPSA) is 438 Å². The molecule has 5 rings (SSSR count). The van der Waals surface area contributed by atoms with Gasteiger partial charge in [-0.2, -0.15) is 0 Å². The molecule has 0 bridgehead atoms. The van der Waals surface area contributed by atoms with Gasteiger partial charge in [-0.25, -0.2) is 19.2 Å². The third-order valence-electron chi connectivity index (χ3n) is 16.4. The minimum atomic E-state index is -1.95. The third-order valence-corrected chi connectivity index (χ3v) is 16.4. The molecule has 0 radical (unpaired) electrons. The zero-order valence-electron chi connectivity index (χ0n) is 51.2. The molecular formula is C57H96N12O18. The van der Waals surface area contributed by atoms with Crippen LogP contribution in [-0.4, -0.2) is 207 Å². The summed E-state index contributed by atoms with van der Waals surface area (Å²) in [5.41, 5.74) is 4.16. The lowest BCUT2D eigenvalue weighted by atomic mass is 9.82. The number of likely N-dealkylation sites (tertiary alicyclic amines) is 1. The van der Waals surface area contributed by atoms with E-state index in [0.29, 0.717) is 19.4 Å². The fraction of sp³-hybridized carbons (Fsp3) is 0.789. The van der Waals surface area contributed by atoms with Crippen molar-refractivity contribution in [3.05, 3.63) is 33.1 Å². The third kappa shape index (κ3) is 19.9. The Balaban J connectivity index is 1.43. The van der Waals surface area contributed by atoms with E-state index in [1.807, 2.05) is 0 Å². The lowest BCUT2D eigenvalue weighted by Crippen LogP contribution is -2.66. The lowest BCUT2D eigenvalue weighted by Gasteiger charge is -2.34. The predicted molar refractivity (Wildman–Crippen MR) is 314 cm³/mol. The summed E-state index contributed by atoms with van der Waals surface area (Å²) in [6, 6.07) is -5.93. The second kappa shape index (κ2) is 35.1. The number of rotatable bonds is 36. The molecule has 3 fully saturated rings. The summed E-state index contributed by atoms with van der Waals surface area (Å²) < 4.78 is 25.6. The zero-order chi connectivity index (χ0) is 64.1. The standard InChI is InChI=1S/C57H96N12O18/c1-8-10-12-14-16-18-24-61-55(81)62-29-34-41(72)46(84-7)53(85-34)87-44(45-42(73)43(74)51(86-45)69-28-23-35(70)64-57(69)83)36-32(49(77)68(50(36)78)27-19-17-15-13-11-9-2)21-20-25-59-47(75)39(40(71)31(5)6)65-48(76)38(33-22-26-60-54(58)63-33)67-56(82)66-37(30(3)4)52(79)80/h23,28,30-34,36-46,51,53,71-74H,8-22,24-27,29H2,1-7H3,(H,59,75)(H,65,76)(H,79,80)(H3,58,60,63)(H2,61,62,81)(H,64,70,83)(H2,66,67,82)/t32?,33?,34-,36?,37?,38?,39?,40?,41-,42+,43-,44?,45+,46-,51-,53+/m1/s1. The van der Waals surface area contributed by atoms with Gasteiger partial charge in [0, 0.05) is 52.1 Å². The van der Waals surface area contributed by atoms with Crippen molar-refractivity contribution in [3.8, 4) is 0 Å². The molecule has 3 saturated heterocycles. The number of aromatic amines is 1.